The molecule has 4 heteroatoms. The number of sulfone groups is 1. The average Bonchev–Trinajstić information content (AvgIpc) is 2.26. The van der Waals surface area contributed by atoms with Crippen LogP contribution >= 0.6 is 0 Å². The monoisotopic (exact) mass is 238 g/mol. The van der Waals surface area contributed by atoms with Crippen molar-refractivity contribution in [2.24, 2.45) is 0 Å². The number of hydrogen-bond donors (Lipinski definition) is 0. The molecule has 0 aliphatic heterocycles. The van der Waals surface area contributed by atoms with Crippen LogP contribution in [0, 0.1) is 0 Å². The first-order chi connectivity index (χ1) is 7.61. The lowest BCUT2D eigenvalue weighted by Gasteiger charge is -2.08. The van der Waals surface area contributed by atoms with E-state index < -0.39 is 9.84 Å². The van der Waals surface area contributed by atoms with Crippen LogP contribution in [-0.4, -0.2) is 15.0 Å². The molecule has 0 saturated carbocycles. The lowest BCUT2D eigenvalue weighted by atomic mass is 10.3. The van der Waals surface area contributed by atoms with Crippen molar-refractivity contribution in [2.75, 3.05) is 6.61 Å². The van der Waals surface area contributed by atoms with E-state index in [1.54, 1.807) is 31.2 Å². The van der Waals surface area contributed by atoms with E-state index in [2.05, 4.69) is 6.58 Å². The van der Waals surface area contributed by atoms with Gasteiger partial charge in [0.15, 0.2) is 0 Å². The second-order valence-electron chi connectivity index (χ2n) is 3.06. The number of ether oxygens (including phenoxy) is 1. The minimum atomic E-state index is -3.41. The molecule has 0 radical (unpaired) electrons. The van der Waals surface area contributed by atoms with Gasteiger partial charge in [0.1, 0.15) is 17.3 Å². The molecule has 0 saturated heterocycles. The fourth-order valence-corrected chi connectivity index (χ4v) is 2.39. The van der Waals surface area contributed by atoms with Crippen molar-refractivity contribution in [1.29, 1.82) is 0 Å². The molecule has 0 bridgehead atoms. The maximum absolute atomic E-state index is 11.8. The van der Waals surface area contributed by atoms with E-state index in [1.807, 2.05) is 0 Å². The van der Waals surface area contributed by atoms with E-state index in [-0.39, 0.29) is 11.5 Å². The first kappa shape index (κ1) is 12.5. The topological polar surface area (TPSA) is 43.4 Å². The van der Waals surface area contributed by atoms with Gasteiger partial charge in [-0.3, -0.25) is 0 Å². The summed E-state index contributed by atoms with van der Waals surface area (Å²) in [5, 5.41) is 1.16. The predicted molar refractivity (Wildman–Crippen MR) is 64.1 cm³/mol. The van der Waals surface area contributed by atoms with Gasteiger partial charge in [0.2, 0.25) is 9.84 Å². The van der Waals surface area contributed by atoms with Crippen molar-refractivity contribution in [3.8, 4) is 5.75 Å². The zero-order valence-electron chi connectivity index (χ0n) is 9.09. The van der Waals surface area contributed by atoms with E-state index in [0.29, 0.717) is 5.75 Å². The highest BCUT2D eigenvalue weighted by Gasteiger charge is 2.15. The van der Waals surface area contributed by atoms with Crippen LogP contribution in [0.15, 0.2) is 53.3 Å². The molecule has 0 N–H and O–H groups in total. The van der Waals surface area contributed by atoms with Gasteiger partial charge >= 0.3 is 0 Å². The van der Waals surface area contributed by atoms with Crippen LogP contribution in [0.1, 0.15) is 6.92 Å². The molecule has 0 fully saturated rings. The SMILES string of the molecule is C=CCOc1ccccc1S(=O)(=O)/C=C/C. The zero-order chi connectivity index (χ0) is 12.0. The summed E-state index contributed by atoms with van der Waals surface area (Å²) in [4.78, 5) is 0.176. The molecule has 1 aromatic carbocycles. The molecule has 16 heavy (non-hydrogen) atoms. The summed E-state index contributed by atoms with van der Waals surface area (Å²) in [5.41, 5.74) is 0. The summed E-state index contributed by atoms with van der Waals surface area (Å²) in [6.45, 7) is 5.45. The third kappa shape index (κ3) is 2.97. The second-order valence-corrected chi connectivity index (χ2v) is 4.86. The lowest BCUT2D eigenvalue weighted by Crippen LogP contribution is -2.02. The molecule has 0 aliphatic rings. The molecule has 1 aromatic rings. The summed E-state index contributed by atoms with van der Waals surface area (Å²) in [6, 6.07) is 6.54. The number of para-hydroxylation sites is 1. The number of rotatable bonds is 5. The minimum absolute atomic E-state index is 0.176. The second kappa shape index (κ2) is 5.51. The molecule has 1 rings (SSSR count). The normalized spacial score (nSPS) is 11.6. The van der Waals surface area contributed by atoms with Gasteiger partial charge in [0.05, 0.1) is 0 Å². The molecule has 0 amide bonds. The van der Waals surface area contributed by atoms with Crippen molar-refractivity contribution in [2.45, 2.75) is 11.8 Å². The molecule has 3 nitrogen and oxygen atoms in total. The van der Waals surface area contributed by atoms with Crippen LogP contribution < -0.4 is 4.74 Å². The van der Waals surface area contributed by atoms with Crippen molar-refractivity contribution in [3.05, 3.63) is 48.4 Å². The summed E-state index contributed by atoms with van der Waals surface area (Å²) in [5.74, 6) is 0.348. The van der Waals surface area contributed by atoms with Gasteiger partial charge in [-0.05, 0) is 19.1 Å². The highest BCUT2D eigenvalue weighted by atomic mass is 32.2. The van der Waals surface area contributed by atoms with Crippen molar-refractivity contribution in [1.82, 2.24) is 0 Å². The Labute approximate surface area is 96.0 Å². The summed E-state index contributed by atoms with van der Waals surface area (Å²) < 4.78 is 28.9. The van der Waals surface area contributed by atoms with E-state index >= 15 is 0 Å². The molecule has 0 aromatic heterocycles. The summed E-state index contributed by atoms with van der Waals surface area (Å²) in [7, 11) is -3.41. The van der Waals surface area contributed by atoms with Gasteiger partial charge < -0.3 is 4.74 Å². The Hall–Kier alpha value is -1.55. The van der Waals surface area contributed by atoms with Gasteiger partial charge in [-0.2, -0.15) is 0 Å². The molecule has 0 spiro atoms. The predicted octanol–water partition coefficient (Wildman–Crippen LogP) is 2.56. The van der Waals surface area contributed by atoms with Crippen LogP contribution in [0.3, 0.4) is 0 Å². The fraction of sp³-hybridized carbons (Fsp3) is 0.167. The van der Waals surface area contributed by atoms with E-state index in [9.17, 15) is 8.42 Å². The largest absolute Gasteiger partial charge is 0.488 e. The smallest absolute Gasteiger partial charge is 0.203 e. The Bertz CT molecular complexity index is 487. The van der Waals surface area contributed by atoms with Crippen molar-refractivity contribution < 1.29 is 13.2 Å². The minimum Gasteiger partial charge on any atom is -0.488 e. The fourth-order valence-electron chi connectivity index (χ4n) is 1.21. The van der Waals surface area contributed by atoms with Crippen molar-refractivity contribution in [3.63, 3.8) is 0 Å². The van der Waals surface area contributed by atoms with Crippen molar-refractivity contribution >= 4 is 9.84 Å². The average molecular weight is 238 g/mol. The van der Waals surface area contributed by atoms with Gasteiger partial charge in [-0.25, -0.2) is 8.42 Å². The van der Waals surface area contributed by atoms with Gasteiger partial charge in [-0.15, -0.1) is 0 Å². The Morgan fingerprint density at radius 2 is 2.06 bits per heavy atom. The third-order valence-electron chi connectivity index (χ3n) is 1.83. The molecule has 0 atom stereocenters. The van der Waals surface area contributed by atoms with Gasteiger partial charge in [0, 0.05) is 5.41 Å². The van der Waals surface area contributed by atoms with E-state index in [1.165, 1.54) is 12.1 Å². The third-order valence-corrected chi connectivity index (χ3v) is 3.41. The van der Waals surface area contributed by atoms with Crippen LogP contribution in [-0.2, 0) is 9.84 Å². The van der Waals surface area contributed by atoms with Crippen LogP contribution in [0.4, 0.5) is 0 Å². The first-order valence-electron chi connectivity index (χ1n) is 4.82. The lowest BCUT2D eigenvalue weighted by molar-refractivity contribution is 0.353. The molecular formula is C12H14O3S. The van der Waals surface area contributed by atoms with E-state index in [0.717, 1.165) is 5.41 Å². The Balaban J connectivity index is 3.17. The first-order valence-corrected chi connectivity index (χ1v) is 6.37. The molecule has 0 heterocycles. The van der Waals surface area contributed by atoms with E-state index in [4.69, 9.17) is 4.74 Å². The van der Waals surface area contributed by atoms with Gasteiger partial charge in [0.25, 0.3) is 0 Å². The Morgan fingerprint density at radius 3 is 2.69 bits per heavy atom. The number of allylic oxidation sites excluding steroid dienone is 1. The van der Waals surface area contributed by atoms with Gasteiger partial charge in [-0.1, -0.05) is 30.9 Å². The Kier molecular flexibility index (Phi) is 4.31. The quantitative estimate of drug-likeness (QED) is 0.740. The maximum Gasteiger partial charge on any atom is 0.203 e. The Morgan fingerprint density at radius 1 is 1.38 bits per heavy atom. The molecular weight excluding hydrogens is 224 g/mol. The standard InChI is InChI=1S/C12H14O3S/c1-3-9-15-11-7-5-6-8-12(11)16(13,14)10-4-2/h3-8,10H,1,9H2,2H3/b10-4+. The van der Waals surface area contributed by atoms with Crippen LogP contribution in [0.2, 0.25) is 0 Å². The van der Waals surface area contributed by atoms with Crippen LogP contribution in [0.25, 0.3) is 0 Å². The highest BCUT2D eigenvalue weighted by Crippen LogP contribution is 2.24. The maximum atomic E-state index is 11.8. The molecule has 0 unspecified atom stereocenters. The molecule has 0 aliphatic carbocycles. The zero-order valence-corrected chi connectivity index (χ0v) is 9.91. The van der Waals surface area contributed by atoms with Crippen LogP contribution in [0.5, 0.6) is 5.75 Å². The number of hydrogen-bond acceptors (Lipinski definition) is 3. The highest BCUT2D eigenvalue weighted by molar-refractivity contribution is 7.94. The summed E-state index contributed by atoms with van der Waals surface area (Å²) >= 11 is 0. The molecule has 86 valence electrons. The number of benzene rings is 1. The summed E-state index contributed by atoms with van der Waals surface area (Å²) in [6.07, 6.45) is 3.05.